The molecular formula is C28H39ClN7O2PS. The van der Waals surface area contributed by atoms with Crippen molar-refractivity contribution in [2.75, 3.05) is 81.8 Å². The van der Waals surface area contributed by atoms with Crippen molar-refractivity contribution in [3.05, 3.63) is 40.9 Å². The second-order valence-electron chi connectivity index (χ2n) is 10.8. The molecule has 40 heavy (non-hydrogen) atoms. The third kappa shape index (κ3) is 6.92. The van der Waals surface area contributed by atoms with Gasteiger partial charge in [0.15, 0.2) is 5.82 Å². The van der Waals surface area contributed by atoms with Gasteiger partial charge in [-0.25, -0.2) is 4.98 Å². The fraction of sp³-hybridized carbons (Fsp3) is 0.500. The fourth-order valence-electron chi connectivity index (χ4n) is 5.34. The molecule has 216 valence electrons. The molecule has 1 aromatic carbocycles. The van der Waals surface area contributed by atoms with Gasteiger partial charge in [0, 0.05) is 57.1 Å². The summed E-state index contributed by atoms with van der Waals surface area (Å²) in [5, 5.41) is 8.84. The Hall–Kier alpha value is -2.36. The number of likely N-dealkylation sites (N-methyl/N-ethyl adjacent to an activating group) is 1. The zero-order valence-corrected chi connectivity index (χ0v) is 26.2. The third-order valence-electron chi connectivity index (χ3n) is 7.53. The van der Waals surface area contributed by atoms with Gasteiger partial charge in [-0.2, -0.15) is 4.98 Å². The number of rotatable bonds is 9. The summed E-state index contributed by atoms with van der Waals surface area (Å²) in [6, 6.07) is 8.83. The molecule has 0 spiro atoms. The Balaban J connectivity index is 1.28. The van der Waals surface area contributed by atoms with Gasteiger partial charge >= 0.3 is 0 Å². The minimum absolute atomic E-state index is 0.380. The largest absolute Gasteiger partial charge is 0.492 e. The molecule has 0 bridgehead atoms. The van der Waals surface area contributed by atoms with Crippen LogP contribution < -0.4 is 24.9 Å². The van der Waals surface area contributed by atoms with E-state index in [-0.39, 0.29) is 0 Å². The number of halogens is 1. The molecule has 2 aliphatic heterocycles. The maximum Gasteiger partial charge on any atom is 0.229 e. The van der Waals surface area contributed by atoms with E-state index in [1.54, 1.807) is 19.5 Å². The quantitative estimate of drug-likeness (QED) is 0.306. The van der Waals surface area contributed by atoms with Crippen molar-refractivity contribution in [1.82, 2.24) is 19.8 Å². The molecule has 3 aromatic rings. The van der Waals surface area contributed by atoms with Crippen LogP contribution in [0.1, 0.15) is 19.8 Å². The van der Waals surface area contributed by atoms with Crippen molar-refractivity contribution < 1.29 is 9.30 Å². The molecule has 0 atom stereocenters. The normalized spacial score (nSPS) is 17.7. The van der Waals surface area contributed by atoms with Crippen molar-refractivity contribution in [1.29, 1.82) is 0 Å². The van der Waals surface area contributed by atoms with Crippen LogP contribution in [0.5, 0.6) is 5.75 Å². The molecule has 9 nitrogen and oxygen atoms in total. The SMILES string of the molecule is CCOc1cc(N2CCC(N3CCN(C)CC3)CC2)ccc1Nc1ncc(Cl)c(Nc2ccsc2P(C)(C)=O)n1. The van der Waals surface area contributed by atoms with Gasteiger partial charge in [-0.1, -0.05) is 11.6 Å². The van der Waals surface area contributed by atoms with E-state index in [4.69, 9.17) is 16.3 Å². The molecule has 0 saturated carbocycles. The number of hydrogen-bond acceptors (Lipinski definition) is 10. The number of piperazine rings is 1. The molecule has 0 aliphatic carbocycles. The Labute approximate surface area is 246 Å². The number of piperidine rings is 1. The average Bonchev–Trinajstić information content (AvgIpc) is 3.41. The highest BCUT2D eigenvalue weighted by molar-refractivity contribution is 7.75. The molecule has 5 rings (SSSR count). The highest BCUT2D eigenvalue weighted by atomic mass is 35.5. The smallest absolute Gasteiger partial charge is 0.229 e. The van der Waals surface area contributed by atoms with Crippen LogP contribution in [0.3, 0.4) is 0 Å². The van der Waals surface area contributed by atoms with Gasteiger partial charge in [-0.05, 0) is 63.7 Å². The molecule has 2 aromatic heterocycles. The van der Waals surface area contributed by atoms with Crippen LogP contribution in [0.2, 0.25) is 5.02 Å². The number of ether oxygens (including phenoxy) is 1. The summed E-state index contributed by atoms with van der Waals surface area (Å²) in [7, 11) is -0.232. The topological polar surface area (TPSA) is 85.9 Å². The summed E-state index contributed by atoms with van der Waals surface area (Å²) in [4.78, 5) is 16.5. The Kier molecular flexibility index (Phi) is 9.22. The summed E-state index contributed by atoms with van der Waals surface area (Å²) in [5.41, 5.74) is 2.70. The zero-order chi connectivity index (χ0) is 28.3. The summed E-state index contributed by atoms with van der Waals surface area (Å²) in [6.07, 6.45) is 3.92. The molecule has 0 radical (unpaired) electrons. The number of aromatic nitrogens is 2. The number of hydrogen-bond donors (Lipinski definition) is 2. The Morgan fingerprint density at radius 1 is 1.07 bits per heavy atom. The van der Waals surface area contributed by atoms with Gasteiger partial charge in [0.1, 0.15) is 17.9 Å². The minimum atomic E-state index is -2.44. The molecule has 0 amide bonds. The first-order valence-corrected chi connectivity index (χ1v) is 17.7. The molecule has 2 saturated heterocycles. The second kappa shape index (κ2) is 12.7. The van der Waals surface area contributed by atoms with Crippen molar-refractivity contribution in [3.63, 3.8) is 0 Å². The second-order valence-corrected chi connectivity index (χ2v) is 15.6. The summed E-state index contributed by atoms with van der Waals surface area (Å²) in [5.74, 6) is 1.60. The van der Waals surface area contributed by atoms with E-state index in [2.05, 4.69) is 54.5 Å². The number of anilines is 5. The van der Waals surface area contributed by atoms with Crippen molar-refractivity contribution in [3.8, 4) is 5.75 Å². The highest BCUT2D eigenvalue weighted by Crippen LogP contribution is 2.41. The summed E-state index contributed by atoms with van der Waals surface area (Å²) >= 11 is 7.88. The van der Waals surface area contributed by atoms with Gasteiger partial charge in [-0.3, -0.25) is 4.90 Å². The predicted octanol–water partition coefficient (Wildman–Crippen LogP) is 5.54. The molecule has 4 heterocycles. The maximum atomic E-state index is 12.7. The fourth-order valence-corrected chi connectivity index (χ4v) is 7.96. The number of benzene rings is 1. The average molecular weight is 604 g/mol. The number of nitrogens with one attached hydrogen (secondary N) is 2. The van der Waals surface area contributed by atoms with E-state index in [1.807, 2.05) is 24.4 Å². The summed E-state index contributed by atoms with van der Waals surface area (Å²) < 4.78 is 19.5. The first-order valence-electron chi connectivity index (χ1n) is 13.8. The maximum absolute atomic E-state index is 12.7. The van der Waals surface area contributed by atoms with E-state index >= 15 is 0 Å². The highest BCUT2D eigenvalue weighted by Gasteiger charge is 2.27. The lowest BCUT2D eigenvalue weighted by Crippen LogP contribution is -2.52. The van der Waals surface area contributed by atoms with Gasteiger partial charge in [-0.15, -0.1) is 11.3 Å². The third-order valence-corrected chi connectivity index (χ3v) is 11.4. The standard InChI is InChI=1S/C28H39ClN7O2PS/c1-5-38-25-18-21(35-11-8-20(9-12-35)36-15-13-34(2)14-16-36)6-7-23(25)32-28-30-19-22(29)26(33-28)31-24-10-17-40-27(24)39(3,4)37/h6-7,10,17-20H,5,8-9,11-16H2,1-4H3,(H2,30,31,32,33). The lowest BCUT2D eigenvalue weighted by atomic mass is 10.0. The van der Waals surface area contributed by atoms with Gasteiger partial charge in [0.05, 0.1) is 28.8 Å². The van der Waals surface area contributed by atoms with E-state index in [0.717, 1.165) is 47.9 Å². The van der Waals surface area contributed by atoms with Crippen LogP contribution in [-0.4, -0.2) is 92.1 Å². The van der Waals surface area contributed by atoms with Crippen LogP contribution in [0, 0.1) is 0 Å². The minimum Gasteiger partial charge on any atom is -0.492 e. The van der Waals surface area contributed by atoms with Crippen LogP contribution >= 0.6 is 30.1 Å². The van der Waals surface area contributed by atoms with Gasteiger partial charge < -0.3 is 29.7 Å². The van der Waals surface area contributed by atoms with Gasteiger partial charge in [0.25, 0.3) is 0 Å². The molecule has 2 fully saturated rings. The van der Waals surface area contributed by atoms with Crippen LogP contribution in [-0.2, 0) is 4.57 Å². The number of thiophene rings is 1. The van der Waals surface area contributed by atoms with Crippen LogP contribution in [0.15, 0.2) is 35.8 Å². The van der Waals surface area contributed by atoms with E-state index < -0.39 is 7.14 Å². The van der Waals surface area contributed by atoms with Crippen LogP contribution in [0.25, 0.3) is 0 Å². The molecule has 2 N–H and O–H groups in total. The van der Waals surface area contributed by atoms with Gasteiger partial charge in [0.2, 0.25) is 5.95 Å². The molecule has 12 heteroatoms. The van der Waals surface area contributed by atoms with E-state index in [9.17, 15) is 4.57 Å². The van der Waals surface area contributed by atoms with Crippen molar-refractivity contribution in [2.45, 2.75) is 25.8 Å². The lowest BCUT2D eigenvalue weighted by molar-refractivity contribution is 0.0982. The lowest BCUT2D eigenvalue weighted by Gasteiger charge is -2.42. The molecule has 0 unspecified atom stereocenters. The number of nitrogens with zero attached hydrogens (tertiary/aromatic N) is 5. The van der Waals surface area contributed by atoms with E-state index in [0.29, 0.717) is 29.4 Å². The van der Waals surface area contributed by atoms with Crippen molar-refractivity contribution in [2.24, 2.45) is 0 Å². The Morgan fingerprint density at radius 3 is 2.52 bits per heavy atom. The zero-order valence-electron chi connectivity index (χ0n) is 23.7. The van der Waals surface area contributed by atoms with Crippen molar-refractivity contribution >= 4 is 63.5 Å². The van der Waals surface area contributed by atoms with E-state index in [1.165, 1.54) is 43.0 Å². The summed E-state index contributed by atoms with van der Waals surface area (Å²) in [6.45, 7) is 12.8. The molecule has 2 aliphatic rings. The van der Waals surface area contributed by atoms with Crippen LogP contribution in [0.4, 0.5) is 28.8 Å². The Morgan fingerprint density at radius 2 is 1.82 bits per heavy atom. The predicted molar refractivity (Wildman–Crippen MR) is 169 cm³/mol. The Bertz CT molecular complexity index is 1350. The first-order chi connectivity index (χ1) is 19.2. The molecular weight excluding hydrogens is 565 g/mol. The monoisotopic (exact) mass is 603 g/mol. The first kappa shape index (κ1) is 29.1.